The van der Waals surface area contributed by atoms with E-state index in [9.17, 15) is 5.26 Å². The van der Waals surface area contributed by atoms with Gasteiger partial charge in [0.05, 0.1) is 23.0 Å². The van der Waals surface area contributed by atoms with Crippen LogP contribution in [0.1, 0.15) is 48.8 Å². The van der Waals surface area contributed by atoms with Gasteiger partial charge in [-0.3, -0.25) is 0 Å². The molecule has 0 amide bonds. The largest absolute Gasteiger partial charge is 0.248 e. The molecular formula is C50H38N2. The first kappa shape index (κ1) is 29.9. The minimum absolute atomic E-state index is 0.0362. The lowest BCUT2D eigenvalue weighted by Crippen LogP contribution is -2.55. The quantitative estimate of drug-likeness (QED) is 0.187. The molecule has 6 aromatic carbocycles. The topological polar surface area (TPSA) is 36.7 Å². The van der Waals surface area contributed by atoms with Crippen molar-refractivity contribution in [3.05, 3.63) is 162 Å². The molecular weight excluding hydrogens is 629 g/mol. The van der Waals surface area contributed by atoms with Crippen molar-refractivity contribution < 1.29 is 0 Å². The van der Waals surface area contributed by atoms with E-state index in [0.717, 1.165) is 45.5 Å². The van der Waals surface area contributed by atoms with Gasteiger partial charge in [-0.15, -0.1) is 0 Å². The highest BCUT2D eigenvalue weighted by molar-refractivity contribution is 5.93. The third kappa shape index (κ3) is 4.39. The van der Waals surface area contributed by atoms with Crippen LogP contribution in [0, 0.1) is 35.0 Å². The summed E-state index contributed by atoms with van der Waals surface area (Å²) >= 11 is 0. The Morgan fingerprint density at radius 2 is 1.04 bits per heavy atom. The number of rotatable bonds is 4. The molecule has 0 radical (unpaired) electrons. The molecule has 12 rings (SSSR count). The lowest BCUT2D eigenvalue weighted by Gasteiger charge is -2.61. The van der Waals surface area contributed by atoms with E-state index in [-0.39, 0.29) is 5.41 Å². The van der Waals surface area contributed by atoms with E-state index in [1.807, 2.05) is 6.07 Å². The second-order valence-corrected chi connectivity index (χ2v) is 15.9. The van der Waals surface area contributed by atoms with Crippen LogP contribution in [-0.4, -0.2) is 4.98 Å². The number of hydrogen-bond acceptors (Lipinski definition) is 2. The van der Waals surface area contributed by atoms with Gasteiger partial charge in [-0.1, -0.05) is 109 Å². The summed E-state index contributed by atoms with van der Waals surface area (Å²) in [4.78, 5) is 5.09. The van der Waals surface area contributed by atoms with Crippen molar-refractivity contribution in [3.63, 3.8) is 0 Å². The summed E-state index contributed by atoms with van der Waals surface area (Å²) in [5.41, 5.74) is 15.4. The van der Waals surface area contributed by atoms with Crippen molar-refractivity contribution in [1.82, 2.24) is 4.98 Å². The predicted molar refractivity (Wildman–Crippen MR) is 211 cm³/mol. The van der Waals surface area contributed by atoms with Gasteiger partial charge in [0.25, 0.3) is 0 Å². The van der Waals surface area contributed by atoms with Crippen molar-refractivity contribution in [2.24, 2.45) is 23.7 Å². The molecule has 5 aliphatic rings. The molecule has 52 heavy (non-hydrogen) atoms. The van der Waals surface area contributed by atoms with Gasteiger partial charge < -0.3 is 0 Å². The summed E-state index contributed by atoms with van der Waals surface area (Å²) in [6.07, 6.45) is 6.78. The Bertz CT molecular complexity index is 2510. The van der Waals surface area contributed by atoms with Crippen LogP contribution in [0.4, 0.5) is 0 Å². The van der Waals surface area contributed by atoms with Crippen molar-refractivity contribution in [1.29, 1.82) is 5.26 Å². The summed E-state index contributed by atoms with van der Waals surface area (Å²) in [7, 11) is 0. The highest BCUT2D eigenvalue weighted by atomic mass is 14.7. The number of hydrogen-bond donors (Lipinski definition) is 0. The van der Waals surface area contributed by atoms with E-state index in [1.54, 1.807) is 0 Å². The zero-order valence-corrected chi connectivity index (χ0v) is 29.1. The summed E-state index contributed by atoms with van der Waals surface area (Å²) < 4.78 is 0. The molecule has 1 aromatic heterocycles. The smallest absolute Gasteiger partial charge is 0.0998 e. The minimum Gasteiger partial charge on any atom is -0.248 e. The Balaban J connectivity index is 1.00. The average Bonchev–Trinajstić information content (AvgIpc) is 3.50. The van der Waals surface area contributed by atoms with Crippen LogP contribution in [0.15, 0.2) is 146 Å². The van der Waals surface area contributed by atoms with Gasteiger partial charge in [0.1, 0.15) is 0 Å². The van der Waals surface area contributed by atoms with Gasteiger partial charge >= 0.3 is 0 Å². The molecule has 1 spiro atoms. The van der Waals surface area contributed by atoms with Crippen molar-refractivity contribution in [3.8, 4) is 62.0 Å². The Hall–Kier alpha value is -5.78. The minimum atomic E-state index is 0.0362. The first-order valence-electron chi connectivity index (χ1n) is 19.0. The van der Waals surface area contributed by atoms with Crippen molar-refractivity contribution >= 4 is 10.8 Å². The molecule has 2 heteroatoms. The maximum atomic E-state index is 10.3. The molecule has 4 fully saturated rings. The van der Waals surface area contributed by atoms with Gasteiger partial charge in [0.2, 0.25) is 0 Å². The molecule has 0 aliphatic heterocycles. The molecule has 5 aliphatic carbocycles. The number of nitrogens with zero attached hydrogens (tertiary/aromatic N) is 2. The number of benzene rings is 6. The van der Waals surface area contributed by atoms with Crippen LogP contribution in [0.5, 0.6) is 0 Å². The van der Waals surface area contributed by atoms with Gasteiger partial charge in [-0.25, -0.2) is 4.98 Å². The Labute approximate surface area is 305 Å². The molecule has 4 saturated carbocycles. The summed E-state index contributed by atoms with van der Waals surface area (Å²) in [6, 6.07) is 55.5. The van der Waals surface area contributed by atoms with Crippen LogP contribution in [0.25, 0.3) is 66.7 Å². The fraction of sp³-hybridized carbons (Fsp3) is 0.200. The normalized spacial score (nSPS) is 23.4. The number of fused-ring (bicyclic) bond motifs is 4. The fourth-order valence-electron chi connectivity index (χ4n) is 11.3. The van der Waals surface area contributed by atoms with Crippen LogP contribution in [0.2, 0.25) is 0 Å². The Morgan fingerprint density at radius 3 is 1.63 bits per heavy atom. The van der Waals surface area contributed by atoms with E-state index < -0.39 is 0 Å². The van der Waals surface area contributed by atoms with E-state index >= 15 is 0 Å². The summed E-state index contributed by atoms with van der Waals surface area (Å²) in [5, 5.41) is 12.7. The number of pyridine rings is 1. The van der Waals surface area contributed by atoms with Crippen molar-refractivity contribution in [2.45, 2.75) is 37.5 Å². The molecule has 248 valence electrons. The van der Waals surface area contributed by atoms with E-state index in [1.165, 1.54) is 81.8 Å². The lowest BCUT2D eigenvalue weighted by atomic mass is 9.43. The molecule has 0 atom stereocenters. The highest BCUT2D eigenvalue weighted by Crippen LogP contribution is 2.69. The Morgan fingerprint density at radius 1 is 0.481 bits per heavy atom. The van der Waals surface area contributed by atoms with Gasteiger partial charge in [-0.2, -0.15) is 5.26 Å². The van der Waals surface area contributed by atoms with E-state index in [0.29, 0.717) is 11.8 Å². The number of nitriles is 1. The first-order chi connectivity index (χ1) is 25.7. The zero-order chi connectivity index (χ0) is 34.4. The lowest BCUT2D eigenvalue weighted by molar-refractivity contribution is -0.0399. The van der Waals surface area contributed by atoms with Gasteiger partial charge in [0.15, 0.2) is 0 Å². The molecule has 2 nitrogen and oxygen atoms in total. The summed E-state index contributed by atoms with van der Waals surface area (Å²) in [6.45, 7) is 0. The van der Waals surface area contributed by atoms with E-state index in [2.05, 4.69) is 146 Å². The van der Waals surface area contributed by atoms with Crippen LogP contribution >= 0.6 is 0 Å². The Kier molecular flexibility index (Phi) is 6.53. The second-order valence-electron chi connectivity index (χ2n) is 15.9. The molecule has 0 unspecified atom stereocenters. The average molecular weight is 667 g/mol. The summed E-state index contributed by atoms with van der Waals surface area (Å²) in [5.74, 6) is 3.10. The highest BCUT2D eigenvalue weighted by Gasteiger charge is 2.61. The standard InChI is InChI=1S/C50H38N2/c51-30-40-12-7-13-45-49(40)44-19-18-39(27-46(44)50(45)42-21-31-20-32(23-42)24-43(50)22-31)37-15-14-36-26-38(17-16-35(36)25-37)41-28-47(33-8-3-1-4-9-33)52-48(29-41)34-10-5-2-6-11-34/h1-19,25-29,31-32,42-43H,20-24H2. The fourth-order valence-corrected chi connectivity index (χ4v) is 11.3. The predicted octanol–water partition coefficient (Wildman–Crippen LogP) is 12.5. The third-order valence-corrected chi connectivity index (χ3v) is 13.3. The van der Waals surface area contributed by atoms with Crippen LogP contribution < -0.4 is 0 Å². The van der Waals surface area contributed by atoms with Gasteiger partial charge in [0, 0.05) is 22.1 Å². The van der Waals surface area contributed by atoms with Crippen molar-refractivity contribution in [2.75, 3.05) is 0 Å². The SMILES string of the molecule is N#Cc1cccc2c1-c1ccc(-c3ccc4cc(-c5cc(-c6ccccc6)nc(-c6ccccc6)c5)ccc4c3)cc1C21C2CC3CC(C2)CC1C3. The molecule has 4 bridgehead atoms. The maximum absolute atomic E-state index is 10.3. The molecule has 7 aromatic rings. The van der Waals surface area contributed by atoms with Crippen LogP contribution in [-0.2, 0) is 5.41 Å². The monoisotopic (exact) mass is 666 g/mol. The zero-order valence-electron chi connectivity index (χ0n) is 29.1. The van der Waals surface area contributed by atoms with E-state index in [4.69, 9.17) is 4.98 Å². The van der Waals surface area contributed by atoms with Crippen LogP contribution in [0.3, 0.4) is 0 Å². The second kappa shape index (κ2) is 11.4. The molecule has 1 heterocycles. The van der Waals surface area contributed by atoms with Gasteiger partial charge in [-0.05, 0) is 142 Å². The number of aromatic nitrogens is 1. The third-order valence-electron chi connectivity index (χ3n) is 13.3. The maximum Gasteiger partial charge on any atom is 0.0998 e. The first-order valence-corrected chi connectivity index (χ1v) is 19.0. The molecule has 0 saturated heterocycles. The molecule has 0 N–H and O–H groups in total.